The first-order valence-corrected chi connectivity index (χ1v) is 8.97. The van der Waals surface area contributed by atoms with Crippen molar-refractivity contribution in [1.29, 1.82) is 0 Å². The van der Waals surface area contributed by atoms with Crippen molar-refractivity contribution in [3.8, 4) is 0 Å². The molecule has 0 aromatic carbocycles. The van der Waals surface area contributed by atoms with Crippen LogP contribution in [-0.2, 0) is 8.85 Å². The molecule has 4 heteroatoms. The van der Waals surface area contributed by atoms with E-state index < -0.39 is 8.56 Å². The summed E-state index contributed by atoms with van der Waals surface area (Å²) in [6, 6.07) is 1.07. The van der Waals surface area contributed by atoms with E-state index in [9.17, 15) is 0 Å². The van der Waals surface area contributed by atoms with Gasteiger partial charge in [0.05, 0.1) is 0 Å². The largest absolute Gasteiger partial charge is 0.395 e. The summed E-state index contributed by atoms with van der Waals surface area (Å²) in [5, 5.41) is 0. The first kappa shape index (κ1) is 15.4. The molecular formula is C11H25ClO2Si. The fourth-order valence-corrected chi connectivity index (χ4v) is 5.10. The summed E-state index contributed by atoms with van der Waals surface area (Å²) in [4.78, 5) is 0. The topological polar surface area (TPSA) is 18.5 Å². The first-order chi connectivity index (χ1) is 7.08. The van der Waals surface area contributed by atoms with Gasteiger partial charge >= 0.3 is 8.56 Å². The molecule has 0 fully saturated rings. The maximum absolute atomic E-state index is 5.80. The van der Waals surface area contributed by atoms with Crippen LogP contribution in [-0.4, -0.2) is 27.7 Å². The van der Waals surface area contributed by atoms with Crippen LogP contribution in [0, 0.1) is 5.92 Å². The number of halogens is 1. The molecule has 0 aromatic heterocycles. The molecule has 2 nitrogen and oxygen atoms in total. The Morgan fingerprint density at radius 2 is 1.73 bits per heavy atom. The Morgan fingerprint density at radius 3 is 2.13 bits per heavy atom. The maximum Gasteiger partial charge on any atom is 0.335 e. The van der Waals surface area contributed by atoms with Crippen LogP contribution in [0.1, 0.15) is 33.6 Å². The van der Waals surface area contributed by atoms with Gasteiger partial charge in [-0.2, -0.15) is 0 Å². The van der Waals surface area contributed by atoms with Crippen LogP contribution in [0.4, 0.5) is 0 Å². The van der Waals surface area contributed by atoms with Gasteiger partial charge in [-0.1, -0.05) is 6.92 Å². The quantitative estimate of drug-likeness (QED) is 0.459. The molecule has 0 aliphatic rings. The zero-order chi connectivity index (χ0) is 11.7. The Balaban J connectivity index is 4.02. The predicted molar refractivity (Wildman–Crippen MR) is 68.8 cm³/mol. The van der Waals surface area contributed by atoms with Gasteiger partial charge in [0, 0.05) is 19.1 Å². The Morgan fingerprint density at radius 1 is 1.20 bits per heavy atom. The molecule has 0 amide bonds. The molecule has 0 rings (SSSR count). The van der Waals surface area contributed by atoms with Crippen molar-refractivity contribution in [1.82, 2.24) is 0 Å². The lowest BCUT2D eigenvalue weighted by Crippen LogP contribution is -2.40. The normalized spacial score (nSPS) is 14.2. The van der Waals surface area contributed by atoms with Crippen molar-refractivity contribution < 1.29 is 8.85 Å². The second-order valence-electron chi connectivity index (χ2n) is 4.14. The van der Waals surface area contributed by atoms with Crippen molar-refractivity contribution >= 4 is 20.2 Å². The molecule has 15 heavy (non-hydrogen) atoms. The molecule has 92 valence electrons. The van der Waals surface area contributed by atoms with Gasteiger partial charge in [0.1, 0.15) is 0 Å². The number of rotatable bonds is 9. The highest BCUT2D eigenvalue weighted by atomic mass is 35.5. The fourth-order valence-electron chi connectivity index (χ4n) is 1.93. The number of hydrogen-bond acceptors (Lipinski definition) is 2. The molecule has 0 radical (unpaired) electrons. The summed E-state index contributed by atoms with van der Waals surface area (Å²) in [5.74, 6) is 1.41. The van der Waals surface area contributed by atoms with E-state index in [0.29, 0.717) is 5.92 Å². The Bertz CT molecular complexity index is 150. The predicted octanol–water partition coefficient (Wildman–Crippen LogP) is 3.79. The van der Waals surface area contributed by atoms with Crippen LogP contribution in [0.25, 0.3) is 0 Å². The first-order valence-electron chi connectivity index (χ1n) is 5.91. The highest BCUT2D eigenvalue weighted by molar-refractivity contribution is 6.66. The van der Waals surface area contributed by atoms with Crippen molar-refractivity contribution in [2.24, 2.45) is 5.92 Å². The van der Waals surface area contributed by atoms with Crippen LogP contribution in [0.15, 0.2) is 0 Å². The van der Waals surface area contributed by atoms with E-state index in [1.807, 2.05) is 13.8 Å². The van der Waals surface area contributed by atoms with Gasteiger partial charge in [-0.25, -0.2) is 0 Å². The second-order valence-corrected chi connectivity index (χ2v) is 7.77. The fraction of sp³-hybridized carbons (Fsp3) is 1.00. The molecule has 0 N–H and O–H groups in total. The third kappa shape index (κ3) is 7.34. The zero-order valence-electron chi connectivity index (χ0n) is 10.5. The third-order valence-electron chi connectivity index (χ3n) is 2.45. The third-order valence-corrected chi connectivity index (χ3v) is 5.95. The summed E-state index contributed by atoms with van der Waals surface area (Å²) >= 11 is 5.69. The average Bonchev–Trinajstić information content (AvgIpc) is 2.15. The van der Waals surface area contributed by atoms with E-state index in [4.69, 9.17) is 20.5 Å². The van der Waals surface area contributed by atoms with Crippen LogP contribution in [0.5, 0.6) is 0 Å². The van der Waals surface area contributed by atoms with Gasteiger partial charge in [-0.3, -0.25) is 0 Å². The van der Waals surface area contributed by atoms with Crippen molar-refractivity contribution in [2.45, 2.75) is 46.2 Å². The second kappa shape index (κ2) is 8.56. The van der Waals surface area contributed by atoms with Gasteiger partial charge in [0.2, 0.25) is 0 Å². The Kier molecular flexibility index (Phi) is 8.81. The minimum absolute atomic E-state index is 0.651. The van der Waals surface area contributed by atoms with E-state index in [2.05, 4.69) is 13.5 Å². The molecule has 0 spiro atoms. The Labute approximate surface area is 101 Å². The lowest BCUT2D eigenvalue weighted by atomic mass is 10.1. The molecule has 0 saturated carbocycles. The lowest BCUT2D eigenvalue weighted by Gasteiger charge is -2.28. The summed E-state index contributed by atoms with van der Waals surface area (Å²) in [6.07, 6.45) is 2.26. The van der Waals surface area contributed by atoms with Crippen LogP contribution in [0.2, 0.25) is 12.6 Å². The van der Waals surface area contributed by atoms with Gasteiger partial charge in [-0.15, -0.1) is 11.6 Å². The maximum atomic E-state index is 5.80. The van der Waals surface area contributed by atoms with Gasteiger partial charge in [0.25, 0.3) is 0 Å². The SMILES string of the molecule is CCO[Si](C)(CC(C)CCCCl)OCC. The minimum Gasteiger partial charge on any atom is -0.395 e. The number of hydrogen-bond donors (Lipinski definition) is 0. The standard InChI is InChI=1S/C11H25ClO2Si/c1-5-13-15(4,14-6-2)10-11(3)8-7-9-12/h11H,5-10H2,1-4H3. The van der Waals surface area contributed by atoms with Gasteiger partial charge in [0.15, 0.2) is 0 Å². The van der Waals surface area contributed by atoms with Gasteiger partial charge < -0.3 is 8.85 Å². The van der Waals surface area contributed by atoms with Crippen LogP contribution >= 0.6 is 11.6 Å². The molecule has 0 aliphatic heterocycles. The summed E-state index contributed by atoms with van der Waals surface area (Å²) in [6.45, 7) is 10.0. The number of alkyl halides is 1. The van der Waals surface area contributed by atoms with Crippen LogP contribution in [0.3, 0.4) is 0 Å². The van der Waals surface area contributed by atoms with Crippen molar-refractivity contribution in [3.63, 3.8) is 0 Å². The van der Waals surface area contributed by atoms with E-state index in [1.165, 1.54) is 6.42 Å². The van der Waals surface area contributed by atoms with E-state index in [-0.39, 0.29) is 0 Å². The minimum atomic E-state index is -1.91. The van der Waals surface area contributed by atoms with Crippen molar-refractivity contribution in [3.05, 3.63) is 0 Å². The highest BCUT2D eigenvalue weighted by Crippen LogP contribution is 2.23. The molecule has 1 unspecified atom stereocenters. The summed E-state index contributed by atoms with van der Waals surface area (Å²) in [5.41, 5.74) is 0. The molecule has 0 heterocycles. The molecule has 0 aromatic rings. The van der Waals surface area contributed by atoms with Gasteiger partial charge in [-0.05, 0) is 45.2 Å². The molecule has 0 aliphatic carbocycles. The molecule has 0 saturated heterocycles. The average molecular weight is 253 g/mol. The Hall–Kier alpha value is 0.427. The smallest absolute Gasteiger partial charge is 0.335 e. The van der Waals surface area contributed by atoms with E-state index in [0.717, 1.165) is 31.6 Å². The van der Waals surface area contributed by atoms with E-state index >= 15 is 0 Å². The summed E-state index contributed by atoms with van der Waals surface area (Å²) in [7, 11) is -1.91. The zero-order valence-corrected chi connectivity index (χ0v) is 12.3. The van der Waals surface area contributed by atoms with Crippen LogP contribution < -0.4 is 0 Å². The molecule has 0 bridgehead atoms. The molecular weight excluding hydrogens is 228 g/mol. The van der Waals surface area contributed by atoms with Crippen molar-refractivity contribution in [2.75, 3.05) is 19.1 Å². The molecule has 1 atom stereocenters. The lowest BCUT2D eigenvalue weighted by molar-refractivity contribution is 0.183. The van der Waals surface area contributed by atoms with E-state index in [1.54, 1.807) is 0 Å². The highest BCUT2D eigenvalue weighted by Gasteiger charge is 2.32. The monoisotopic (exact) mass is 252 g/mol. The summed E-state index contributed by atoms with van der Waals surface area (Å²) < 4.78 is 11.6.